The van der Waals surface area contributed by atoms with Crippen LogP contribution in [0.3, 0.4) is 0 Å². The molecule has 8 nitrogen and oxygen atoms in total. The predicted molar refractivity (Wildman–Crippen MR) is 67.5 cm³/mol. The van der Waals surface area contributed by atoms with Crippen LogP contribution in [0.15, 0.2) is 24.5 Å². The molecule has 0 radical (unpaired) electrons. The maximum atomic E-state index is 11.5. The van der Waals surface area contributed by atoms with Gasteiger partial charge in [0.15, 0.2) is 19.0 Å². The molecule has 0 aromatic carbocycles. The minimum Gasteiger partial charge on any atom is -0.619 e. The van der Waals surface area contributed by atoms with Crippen LogP contribution < -0.4 is 15.4 Å². The summed E-state index contributed by atoms with van der Waals surface area (Å²) in [7, 11) is 0. The molecule has 0 aliphatic rings. The lowest BCUT2D eigenvalue weighted by Gasteiger charge is -2.06. The smallest absolute Gasteiger partial charge is 0.339 e. The summed E-state index contributed by atoms with van der Waals surface area (Å²) in [4.78, 5) is 34.0. The number of nitrogens with zero attached hydrogens (tertiary/aromatic N) is 1. The Bertz CT molecular complexity index is 486. The Kier molecular flexibility index (Phi) is 5.95. The summed E-state index contributed by atoms with van der Waals surface area (Å²) in [5.74, 6) is -1.49. The second-order valence-corrected chi connectivity index (χ2v) is 3.83. The number of imide groups is 1. The van der Waals surface area contributed by atoms with E-state index in [0.29, 0.717) is 11.3 Å². The van der Waals surface area contributed by atoms with E-state index < -0.39 is 24.5 Å². The van der Waals surface area contributed by atoms with Crippen LogP contribution >= 0.6 is 0 Å². The van der Waals surface area contributed by atoms with Crippen molar-refractivity contribution >= 4 is 17.9 Å². The quantitative estimate of drug-likeness (QED) is 0.438. The van der Waals surface area contributed by atoms with E-state index in [1.54, 1.807) is 0 Å². The fraction of sp³-hybridized carbons (Fsp3) is 0.333. The monoisotopic (exact) mass is 281 g/mol. The molecule has 3 amide bonds. The predicted octanol–water partition coefficient (Wildman–Crippen LogP) is -0.287. The molecule has 108 valence electrons. The normalized spacial score (nSPS) is 9.65. The highest BCUT2D eigenvalue weighted by molar-refractivity contribution is 5.96. The minimum absolute atomic E-state index is 0.139. The fourth-order valence-corrected chi connectivity index (χ4v) is 1.21. The van der Waals surface area contributed by atoms with E-state index in [-0.39, 0.29) is 5.56 Å². The summed E-state index contributed by atoms with van der Waals surface area (Å²) in [5.41, 5.74) is 0.139. The molecule has 1 aromatic rings. The third kappa shape index (κ3) is 5.34. The topological polar surface area (TPSA) is 111 Å². The Morgan fingerprint density at radius 3 is 2.55 bits per heavy atom. The van der Waals surface area contributed by atoms with Crippen LogP contribution in [0.4, 0.5) is 4.79 Å². The Morgan fingerprint density at radius 1 is 1.30 bits per heavy atom. The van der Waals surface area contributed by atoms with Gasteiger partial charge in [0.05, 0.1) is 5.56 Å². The molecule has 0 aliphatic heterocycles. The molecule has 0 unspecified atom stereocenters. The molecular formula is C12H15N3O5. The van der Waals surface area contributed by atoms with Gasteiger partial charge in [-0.05, 0) is 6.42 Å². The van der Waals surface area contributed by atoms with Gasteiger partial charge in [0.1, 0.15) is 0 Å². The van der Waals surface area contributed by atoms with Crippen molar-refractivity contribution in [3.8, 4) is 0 Å². The summed E-state index contributed by atoms with van der Waals surface area (Å²) < 4.78 is 5.21. The van der Waals surface area contributed by atoms with Gasteiger partial charge in [-0.3, -0.25) is 10.1 Å². The Hall–Kier alpha value is -2.64. The standard InChI is InChI=1S/C12H15N3O5/c1-2-5-13-12(18)14-10(16)8-20-11(17)9-3-6-15(19)7-4-9/h3-4,6-7H,2,5,8H2,1H3,(H2,13,14,16,18). The van der Waals surface area contributed by atoms with Crippen molar-refractivity contribution in [2.75, 3.05) is 13.2 Å². The molecule has 20 heavy (non-hydrogen) atoms. The molecule has 1 rings (SSSR count). The zero-order valence-corrected chi connectivity index (χ0v) is 10.9. The maximum absolute atomic E-state index is 11.5. The average molecular weight is 281 g/mol. The molecule has 1 aromatic heterocycles. The van der Waals surface area contributed by atoms with E-state index in [2.05, 4.69) is 5.32 Å². The van der Waals surface area contributed by atoms with Crippen molar-refractivity contribution in [2.24, 2.45) is 0 Å². The average Bonchev–Trinajstić information content (AvgIpc) is 2.43. The lowest BCUT2D eigenvalue weighted by molar-refractivity contribution is -0.605. The molecule has 1 heterocycles. The Balaban J connectivity index is 2.35. The number of hydrogen-bond acceptors (Lipinski definition) is 5. The van der Waals surface area contributed by atoms with Gasteiger partial charge >= 0.3 is 12.0 Å². The number of carbonyl (C=O) groups excluding carboxylic acids is 3. The number of amides is 3. The van der Waals surface area contributed by atoms with Crippen molar-refractivity contribution < 1.29 is 23.9 Å². The number of esters is 1. The second kappa shape index (κ2) is 7.72. The summed E-state index contributed by atoms with van der Waals surface area (Å²) in [6.07, 6.45) is 3.01. The van der Waals surface area contributed by atoms with Gasteiger partial charge in [-0.2, -0.15) is 4.73 Å². The number of hydrogen-bond donors (Lipinski definition) is 2. The highest BCUT2D eigenvalue weighted by atomic mass is 16.5. The van der Waals surface area contributed by atoms with E-state index in [1.807, 2.05) is 12.2 Å². The second-order valence-electron chi connectivity index (χ2n) is 3.83. The summed E-state index contributed by atoms with van der Waals surface area (Å²) >= 11 is 0. The van der Waals surface area contributed by atoms with Crippen LogP contribution in [0, 0.1) is 5.21 Å². The highest BCUT2D eigenvalue weighted by Crippen LogP contribution is 1.98. The van der Waals surface area contributed by atoms with Gasteiger partial charge in [-0.25, -0.2) is 9.59 Å². The van der Waals surface area contributed by atoms with Gasteiger partial charge in [0.2, 0.25) is 0 Å². The first-order chi connectivity index (χ1) is 9.52. The van der Waals surface area contributed by atoms with Gasteiger partial charge in [-0.1, -0.05) is 6.92 Å². The number of nitrogens with one attached hydrogen (secondary N) is 2. The zero-order chi connectivity index (χ0) is 15.0. The van der Waals surface area contributed by atoms with Crippen molar-refractivity contribution in [1.29, 1.82) is 0 Å². The molecule has 0 bridgehead atoms. The van der Waals surface area contributed by atoms with Crippen LogP contribution in [0.5, 0.6) is 0 Å². The molecule has 0 saturated heterocycles. The van der Waals surface area contributed by atoms with Crippen molar-refractivity contribution in [2.45, 2.75) is 13.3 Å². The maximum Gasteiger partial charge on any atom is 0.339 e. The number of rotatable bonds is 5. The molecule has 0 saturated carbocycles. The largest absolute Gasteiger partial charge is 0.619 e. The first-order valence-electron chi connectivity index (χ1n) is 5.96. The van der Waals surface area contributed by atoms with Gasteiger partial charge in [-0.15, -0.1) is 0 Å². The third-order valence-electron chi connectivity index (χ3n) is 2.16. The lowest BCUT2D eigenvalue weighted by atomic mass is 10.3. The van der Waals surface area contributed by atoms with Crippen LogP contribution in [0.2, 0.25) is 0 Å². The van der Waals surface area contributed by atoms with Crippen LogP contribution in [-0.2, 0) is 9.53 Å². The molecule has 8 heteroatoms. The number of ether oxygens (including phenoxy) is 1. The van der Waals surface area contributed by atoms with Crippen molar-refractivity contribution in [3.63, 3.8) is 0 Å². The molecule has 0 atom stereocenters. The van der Waals surface area contributed by atoms with E-state index in [1.165, 1.54) is 12.1 Å². The van der Waals surface area contributed by atoms with E-state index in [9.17, 15) is 19.6 Å². The first-order valence-corrected chi connectivity index (χ1v) is 5.96. The Labute approximate surface area is 115 Å². The molecule has 0 fully saturated rings. The highest BCUT2D eigenvalue weighted by Gasteiger charge is 2.12. The summed E-state index contributed by atoms with van der Waals surface area (Å²) in [5, 5.41) is 15.2. The molecule has 0 aliphatic carbocycles. The molecular weight excluding hydrogens is 266 g/mol. The van der Waals surface area contributed by atoms with Crippen molar-refractivity contribution in [1.82, 2.24) is 10.6 Å². The molecule has 0 spiro atoms. The van der Waals surface area contributed by atoms with Gasteiger partial charge in [0.25, 0.3) is 5.91 Å². The first kappa shape index (κ1) is 15.4. The molecule has 2 N–H and O–H groups in total. The van der Waals surface area contributed by atoms with Gasteiger partial charge < -0.3 is 15.3 Å². The van der Waals surface area contributed by atoms with Crippen LogP contribution in [0.25, 0.3) is 0 Å². The summed E-state index contributed by atoms with van der Waals surface area (Å²) in [6.45, 7) is 1.73. The van der Waals surface area contributed by atoms with Crippen LogP contribution in [-0.4, -0.2) is 31.1 Å². The van der Waals surface area contributed by atoms with Gasteiger partial charge in [0, 0.05) is 18.7 Å². The van der Waals surface area contributed by atoms with E-state index >= 15 is 0 Å². The summed E-state index contributed by atoms with van der Waals surface area (Å²) in [6, 6.07) is 1.89. The minimum atomic E-state index is -0.755. The number of aromatic nitrogens is 1. The third-order valence-corrected chi connectivity index (χ3v) is 2.16. The van der Waals surface area contributed by atoms with Crippen molar-refractivity contribution in [3.05, 3.63) is 35.3 Å². The number of carbonyl (C=O) groups is 3. The Morgan fingerprint density at radius 2 is 1.95 bits per heavy atom. The van der Waals surface area contributed by atoms with Crippen LogP contribution in [0.1, 0.15) is 23.7 Å². The fourth-order valence-electron chi connectivity index (χ4n) is 1.21. The number of pyridine rings is 1. The van der Waals surface area contributed by atoms with E-state index in [4.69, 9.17) is 4.74 Å². The lowest BCUT2D eigenvalue weighted by Crippen LogP contribution is -2.41. The number of urea groups is 1. The zero-order valence-electron chi connectivity index (χ0n) is 10.9. The SMILES string of the molecule is CCCNC(=O)NC(=O)COC(=O)c1cc[n+]([O-])cc1. The van der Waals surface area contributed by atoms with E-state index in [0.717, 1.165) is 18.8 Å².